The summed E-state index contributed by atoms with van der Waals surface area (Å²) in [5.74, 6) is 0.637. The van der Waals surface area contributed by atoms with E-state index in [0.717, 1.165) is 0 Å². The minimum atomic E-state index is -3.15. The van der Waals surface area contributed by atoms with Gasteiger partial charge < -0.3 is 14.3 Å². The molecule has 0 bridgehead atoms. The molecule has 0 spiro atoms. The van der Waals surface area contributed by atoms with Crippen LogP contribution in [0.5, 0.6) is 0 Å². The van der Waals surface area contributed by atoms with E-state index in [1.165, 1.54) is 23.1 Å². The zero-order chi connectivity index (χ0) is 17.2. The minimum Gasteiger partial charge on any atom is -0.472 e. The molecule has 0 aliphatic carbocycles. The van der Waals surface area contributed by atoms with Crippen molar-refractivity contribution < 1.29 is 22.2 Å². The Morgan fingerprint density at radius 3 is 2.79 bits per heavy atom. The van der Waals surface area contributed by atoms with Crippen LogP contribution in [0.4, 0.5) is 0 Å². The van der Waals surface area contributed by atoms with Crippen LogP contribution in [0, 0.1) is 0 Å². The van der Waals surface area contributed by atoms with E-state index in [0.29, 0.717) is 43.2 Å². The van der Waals surface area contributed by atoms with E-state index < -0.39 is 10.0 Å². The number of amides is 1. The Morgan fingerprint density at radius 1 is 1.42 bits per heavy atom. The second-order valence-electron chi connectivity index (χ2n) is 5.68. The van der Waals surface area contributed by atoms with Gasteiger partial charge in [-0.1, -0.05) is 5.16 Å². The van der Waals surface area contributed by atoms with E-state index in [-0.39, 0.29) is 18.4 Å². The molecule has 1 aliphatic rings. The molecule has 2 aromatic rings. The van der Waals surface area contributed by atoms with Gasteiger partial charge in [-0.3, -0.25) is 4.79 Å². The lowest BCUT2D eigenvalue weighted by atomic mass is 9.98. The minimum absolute atomic E-state index is 0.0603. The van der Waals surface area contributed by atoms with Crippen molar-refractivity contribution in [1.29, 1.82) is 0 Å². The Balaban J connectivity index is 1.54. The first-order chi connectivity index (χ1) is 11.4. The molecule has 9 nitrogen and oxygen atoms in total. The fourth-order valence-electron chi connectivity index (χ4n) is 2.60. The standard InChI is InChI=1S/C14H18N4O5S/c1-24(20,21)18-5-2-10(3-6-18)13-16-12(23-17-13)8-15-14(19)11-4-7-22-9-11/h4,7,9-10H,2-3,5-6,8H2,1H3,(H,15,19). The fourth-order valence-corrected chi connectivity index (χ4v) is 3.48. The zero-order valence-electron chi connectivity index (χ0n) is 13.1. The number of furan rings is 1. The lowest BCUT2D eigenvalue weighted by Crippen LogP contribution is -2.37. The number of hydrogen-bond donors (Lipinski definition) is 1. The van der Waals surface area contributed by atoms with Crippen molar-refractivity contribution in [2.45, 2.75) is 25.3 Å². The molecule has 10 heteroatoms. The second-order valence-corrected chi connectivity index (χ2v) is 7.66. The molecule has 130 valence electrons. The maximum atomic E-state index is 11.8. The average Bonchev–Trinajstić information content (AvgIpc) is 3.23. The predicted octanol–water partition coefficient (Wildman–Crippen LogP) is 0.732. The normalized spacial score (nSPS) is 17.0. The van der Waals surface area contributed by atoms with Crippen molar-refractivity contribution in [2.75, 3.05) is 19.3 Å². The molecule has 3 rings (SSSR count). The van der Waals surface area contributed by atoms with Gasteiger partial charge in [-0.05, 0) is 18.9 Å². The first-order valence-corrected chi connectivity index (χ1v) is 9.36. The lowest BCUT2D eigenvalue weighted by molar-refractivity contribution is 0.0945. The number of aromatic nitrogens is 2. The van der Waals surface area contributed by atoms with Crippen LogP contribution in [0.3, 0.4) is 0 Å². The number of carbonyl (C=O) groups excluding carboxylic acids is 1. The summed E-state index contributed by atoms with van der Waals surface area (Å²) < 4.78 is 34.5. The van der Waals surface area contributed by atoms with E-state index in [9.17, 15) is 13.2 Å². The molecule has 0 unspecified atom stereocenters. The number of nitrogens with one attached hydrogen (secondary N) is 1. The quantitative estimate of drug-likeness (QED) is 0.841. The summed E-state index contributed by atoms with van der Waals surface area (Å²) in [7, 11) is -3.15. The molecule has 1 aliphatic heterocycles. The molecule has 1 N–H and O–H groups in total. The first-order valence-electron chi connectivity index (χ1n) is 7.51. The summed E-state index contributed by atoms with van der Waals surface area (Å²) >= 11 is 0. The Kier molecular flexibility index (Phi) is 4.67. The van der Waals surface area contributed by atoms with E-state index in [1.54, 1.807) is 6.07 Å². The van der Waals surface area contributed by atoms with Gasteiger partial charge in [-0.25, -0.2) is 12.7 Å². The van der Waals surface area contributed by atoms with E-state index in [1.807, 2.05) is 0 Å². The number of piperidine rings is 1. The maximum absolute atomic E-state index is 11.8. The Labute approximate surface area is 139 Å². The SMILES string of the molecule is CS(=O)(=O)N1CCC(c2noc(CNC(=O)c3ccoc3)n2)CC1. The van der Waals surface area contributed by atoms with Crippen LogP contribution < -0.4 is 5.32 Å². The molecule has 1 amide bonds. The van der Waals surface area contributed by atoms with Crippen molar-refractivity contribution in [1.82, 2.24) is 19.8 Å². The molecular formula is C14H18N4O5S. The molecule has 0 radical (unpaired) electrons. The highest BCUT2D eigenvalue weighted by Crippen LogP contribution is 2.26. The molecule has 24 heavy (non-hydrogen) atoms. The number of rotatable bonds is 5. The molecule has 0 aromatic carbocycles. The van der Waals surface area contributed by atoms with Gasteiger partial charge in [0.1, 0.15) is 6.26 Å². The molecule has 0 saturated carbocycles. The van der Waals surface area contributed by atoms with Crippen molar-refractivity contribution in [2.24, 2.45) is 0 Å². The molecular weight excluding hydrogens is 336 g/mol. The van der Waals surface area contributed by atoms with Crippen LogP contribution in [-0.2, 0) is 16.6 Å². The van der Waals surface area contributed by atoms with Gasteiger partial charge in [-0.2, -0.15) is 4.98 Å². The number of hydrogen-bond acceptors (Lipinski definition) is 7. The van der Waals surface area contributed by atoms with Crippen molar-refractivity contribution in [3.05, 3.63) is 35.9 Å². The topological polar surface area (TPSA) is 119 Å². The summed E-state index contributed by atoms with van der Waals surface area (Å²) in [6, 6.07) is 1.56. The second kappa shape index (κ2) is 6.73. The summed E-state index contributed by atoms with van der Waals surface area (Å²) in [5.41, 5.74) is 0.419. The third-order valence-corrected chi connectivity index (χ3v) is 5.26. The lowest BCUT2D eigenvalue weighted by Gasteiger charge is -2.28. The third-order valence-electron chi connectivity index (χ3n) is 3.96. The van der Waals surface area contributed by atoms with Crippen LogP contribution in [0.2, 0.25) is 0 Å². The van der Waals surface area contributed by atoms with Crippen LogP contribution in [0.25, 0.3) is 0 Å². The van der Waals surface area contributed by atoms with Crippen LogP contribution in [-0.4, -0.2) is 48.1 Å². The van der Waals surface area contributed by atoms with Gasteiger partial charge in [0.2, 0.25) is 15.9 Å². The largest absolute Gasteiger partial charge is 0.472 e. The molecule has 1 saturated heterocycles. The summed E-state index contributed by atoms with van der Waals surface area (Å²) in [6.07, 6.45) is 5.27. The van der Waals surface area contributed by atoms with E-state index in [2.05, 4.69) is 15.5 Å². The molecule has 3 heterocycles. The van der Waals surface area contributed by atoms with Gasteiger partial charge in [0.25, 0.3) is 5.91 Å². The van der Waals surface area contributed by atoms with Crippen LogP contribution in [0.1, 0.15) is 40.8 Å². The third kappa shape index (κ3) is 3.82. The van der Waals surface area contributed by atoms with Gasteiger partial charge in [0.05, 0.1) is 24.6 Å². The Morgan fingerprint density at radius 2 is 2.17 bits per heavy atom. The van der Waals surface area contributed by atoms with Gasteiger partial charge in [0.15, 0.2) is 5.82 Å². The molecule has 0 atom stereocenters. The summed E-state index contributed by atoms with van der Waals surface area (Å²) in [6.45, 7) is 1.02. The number of nitrogens with zero attached hydrogens (tertiary/aromatic N) is 3. The van der Waals surface area contributed by atoms with E-state index in [4.69, 9.17) is 8.94 Å². The predicted molar refractivity (Wildman–Crippen MR) is 82.6 cm³/mol. The highest BCUT2D eigenvalue weighted by molar-refractivity contribution is 7.88. The van der Waals surface area contributed by atoms with Gasteiger partial charge >= 0.3 is 0 Å². The van der Waals surface area contributed by atoms with Crippen LogP contribution in [0.15, 0.2) is 27.5 Å². The molecule has 1 fully saturated rings. The Bertz CT molecular complexity index is 791. The monoisotopic (exact) mass is 354 g/mol. The van der Waals surface area contributed by atoms with Crippen molar-refractivity contribution in [3.8, 4) is 0 Å². The summed E-state index contributed by atoms with van der Waals surface area (Å²) in [4.78, 5) is 16.1. The summed E-state index contributed by atoms with van der Waals surface area (Å²) in [5, 5.41) is 6.61. The van der Waals surface area contributed by atoms with Crippen molar-refractivity contribution in [3.63, 3.8) is 0 Å². The first kappa shape index (κ1) is 16.7. The highest BCUT2D eigenvalue weighted by Gasteiger charge is 2.28. The van der Waals surface area contributed by atoms with Crippen molar-refractivity contribution >= 4 is 15.9 Å². The average molecular weight is 354 g/mol. The fraction of sp³-hybridized carbons (Fsp3) is 0.500. The smallest absolute Gasteiger partial charge is 0.254 e. The van der Waals surface area contributed by atoms with Gasteiger partial charge in [-0.15, -0.1) is 0 Å². The number of carbonyl (C=O) groups is 1. The number of sulfonamides is 1. The van der Waals surface area contributed by atoms with Crippen LogP contribution >= 0.6 is 0 Å². The van der Waals surface area contributed by atoms with E-state index >= 15 is 0 Å². The molecule has 2 aromatic heterocycles. The highest BCUT2D eigenvalue weighted by atomic mass is 32.2. The zero-order valence-corrected chi connectivity index (χ0v) is 14.0. The maximum Gasteiger partial charge on any atom is 0.254 e. The van der Waals surface area contributed by atoms with Gasteiger partial charge in [0, 0.05) is 19.0 Å². The Hall–Kier alpha value is -2.20.